The molecule has 1 aromatic carbocycles. The van der Waals surface area contributed by atoms with Gasteiger partial charge >= 0.3 is 0 Å². The number of carbonyl (C=O) groups excluding carboxylic acids is 2. The van der Waals surface area contributed by atoms with Gasteiger partial charge in [-0.2, -0.15) is 5.10 Å². The summed E-state index contributed by atoms with van der Waals surface area (Å²) in [5.74, 6) is -0.315. The van der Waals surface area contributed by atoms with Crippen LogP contribution in [0.1, 0.15) is 28.2 Å². The molecule has 0 fully saturated rings. The summed E-state index contributed by atoms with van der Waals surface area (Å²) >= 11 is 0. The highest BCUT2D eigenvalue weighted by molar-refractivity contribution is 5.92. The van der Waals surface area contributed by atoms with Crippen LogP contribution in [0.2, 0.25) is 0 Å². The van der Waals surface area contributed by atoms with Crippen molar-refractivity contribution in [3.8, 4) is 0 Å². The minimum absolute atomic E-state index is 0.0923. The standard InChI is InChI=1S/C16H20N4O2/c1-12-10-14(20(2)19-12)16(22)17-9-8-15(21)18-11-13-6-4-3-5-7-13/h3-7,10H,8-9,11H2,1-2H3,(H,17,22)(H,18,21). The van der Waals surface area contributed by atoms with Crippen molar-refractivity contribution >= 4 is 11.8 Å². The van der Waals surface area contributed by atoms with Crippen LogP contribution in [0.3, 0.4) is 0 Å². The van der Waals surface area contributed by atoms with Gasteiger partial charge in [-0.3, -0.25) is 14.3 Å². The van der Waals surface area contributed by atoms with Crippen LogP contribution in [0.5, 0.6) is 0 Å². The number of nitrogens with one attached hydrogen (secondary N) is 2. The highest BCUT2D eigenvalue weighted by atomic mass is 16.2. The summed E-state index contributed by atoms with van der Waals surface area (Å²) in [6.45, 7) is 2.62. The van der Waals surface area contributed by atoms with Gasteiger partial charge in [-0.05, 0) is 18.6 Å². The minimum Gasteiger partial charge on any atom is -0.352 e. The third-order valence-electron chi connectivity index (χ3n) is 3.20. The van der Waals surface area contributed by atoms with E-state index in [2.05, 4.69) is 15.7 Å². The van der Waals surface area contributed by atoms with E-state index in [0.717, 1.165) is 11.3 Å². The first-order valence-corrected chi connectivity index (χ1v) is 7.15. The molecule has 116 valence electrons. The second-order valence-electron chi connectivity index (χ2n) is 5.06. The second kappa shape index (κ2) is 7.40. The van der Waals surface area contributed by atoms with Crippen molar-refractivity contribution in [1.29, 1.82) is 0 Å². The van der Waals surface area contributed by atoms with Crippen LogP contribution in [-0.2, 0) is 18.4 Å². The first-order valence-electron chi connectivity index (χ1n) is 7.15. The summed E-state index contributed by atoms with van der Waals surface area (Å²) < 4.78 is 1.53. The highest BCUT2D eigenvalue weighted by Crippen LogP contribution is 2.01. The smallest absolute Gasteiger partial charge is 0.269 e. The van der Waals surface area contributed by atoms with Gasteiger partial charge in [-0.25, -0.2) is 0 Å². The number of hydrogen-bond donors (Lipinski definition) is 2. The molecule has 0 saturated heterocycles. The normalized spacial score (nSPS) is 10.3. The third-order valence-corrected chi connectivity index (χ3v) is 3.20. The molecule has 2 amide bonds. The largest absolute Gasteiger partial charge is 0.352 e. The molecule has 2 N–H and O–H groups in total. The molecule has 0 unspecified atom stereocenters. The molecule has 1 aromatic heterocycles. The predicted molar refractivity (Wildman–Crippen MR) is 83.2 cm³/mol. The zero-order valence-electron chi connectivity index (χ0n) is 12.8. The third kappa shape index (κ3) is 4.44. The van der Waals surface area contributed by atoms with E-state index >= 15 is 0 Å². The summed E-state index contributed by atoms with van der Waals surface area (Å²) in [4.78, 5) is 23.7. The lowest BCUT2D eigenvalue weighted by Gasteiger charge is -2.07. The SMILES string of the molecule is Cc1cc(C(=O)NCCC(=O)NCc2ccccc2)n(C)n1. The van der Waals surface area contributed by atoms with Crippen LogP contribution < -0.4 is 10.6 Å². The molecule has 0 radical (unpaired) electrons. The average Bonchev–Trinajstić information content (AvgIpc) is 2.85. The fourth-order valence-electron chi connectivity index (χ4n) is 2.09. The molecule has 0 aliphatic heterocycles. The Balaban J connectivity index is 1.71. The van der Waals surface area contributed by atoms with Gasteiger partial charge in [0.15, 0.2) is 0 Å². The molecule has 0 bridgehead atoms. The van der Waals surface area contributed by atoms with E-state index in [0.29, 0.717) is 18.8 Å². The molecule has 2 rings (SSSR count). The number of amides is 2. The van der Waals surface area contributed by atoms with Gasteiger partial charge in [0.1, 0.15) is 5.69 Å². The summed E-state index contributed by atoms with van der Waals surface area (Å²) in [6.07, 6.45) is 0.245. The number of benzene rings is 1. The Morgan fingerprint density at radius 1 is 1.18 bits per heavy atom. The van der Waals surface area contributed by atoms with Gasteiger partial charge < -0.3 is 10.6 Å². The number of hydrogen-bond acceptors (Lipinski definition) is 3. The van der Waals surface area contributed by atoms with Crippen LogP contribution in [0.25, 0.3) is 0 Å². The van der Waals surface area contributed by atoms with Crippen LogP contribution in [0, 0.1) is 6.92 Å². The Kier molecular flexibility index (Phi) is 5.30. The van der Waals surface area contributed by atoms with E-state index in [1.165, 1.54) is 4.68 Å². The molecule has 6 heteroatoms. The molecule has 0 aliphatic carbocycles. The van der Waals surface area contributed by atoms with Gasteiger partial charge in [0.05, 0.1) is 5.69 Å². The van der Waals surface area contributed by atoms with Crippen LogP contribution in [-0.4, -0.2) is 28.1 Å². The molecule has 2 aromatic rings. The lowest BCUT2D eigenvalue weighted by molar-refractivity contribution is -0.121. The molecule has 6 nitrogen and oxygen atoms in total. The topological polar surface area (TPSA) is 76.0 Å². The molecule has 0 spiro atoms. The number of carbonyl (C=O) groups is 2. The fourth-order valence-corrected chi connectivity index (χ4v) is 2.09. The minimum atomic E-state index is -0.223. The Labute approximate surface area is 129 Å². The molecular weight excluding hydrogens is 280 g/mol. The molecule has 0 atom stereocenters. The maximum Gasteiger partial charge on any atom is 0.269 e. The van der Waals surface area contributed by atoms with E-state index in [-0.39, 0.29) is 18.2 Å². The molecule has 22 heavy (non-hydrogen) atoms. The number of rotatable bonds is 6. The number of aryl methyl sites for hydroxylation is 2. The fraction of sp³-hybridized carbons (Fsp3) is 0.312. The Hall–Kier alpha value is -2.63. The summed E-state index contributed by atoms with van der Waals surface area (Å²) in [5.41, 5.74) is 2.32. The summed E-state index contributed by atoms with van der Waals surface area (Å²) in [6, 6.07) is 11.4. The van der Waals surface area contributed by atoms with Crippen LogP contribution in [0.15, 0.2) is 36.4 Å². The second-order valence-corrected chi connectivity index (χ2v) is 5.06. The van der Waals surface area contributed by atoms with Gasteiger partial charge in [-0.1, -0.05) is 30.3 Å². The zero-order chi connectivity index (χ0) is 15.9. The Bertz CT molecular complexity index is 649. The maximum absolute atomic E-state index is 11.9. The van der Waals surface area contributed by atoms with E-state index in [1.54, 1.807) is 13.1 Å². The predicted octanol–water partition coefficient (Wildman–Crippen LogP) is 1.16. The van der Waals surface area contributed by atoms with Crippen molar-refractivity contribution < 1.29 is 9.59 Å². The van der Waals surface area contributed by atoms with Gasteiger partial charge in [-0.15, -0.1) is 0 Å². The Morgan fingerprint density at radius 2 is 1.91 bits per heavy atom. The zero-order valence-corrected chi connectivity index (χ0v) is 12.8. The van der Waals surface area contributed by atoms with E-state index in [9.17, 15) is 9.59 Å². The summed E-state index contributed by atoms with van der Waals surface area (Å²) in [7, 11) is 1.72. The van der Waals surface area contributed by atoms with E-state index in [4.69, 9.17) is 0 Å². The van der Waals surface area contributed by atoms with Gasteiger partial charge in [0.2, 0.25) is 5.91 Å². The monoisotopic (exact) mass is 300 g/mol. The van der Waals surface area contributed by atoms with Crippen molar-refractivity contribution in [3.63, 3.8) is 0 Å². The lowest BCUT2D eigenvalue weighted by atomic mass is 10.2. The van der Waals surface area contributed by atoms with Crippen LogP contribution >= 0.6 is 0 Å². The van der Waals surface area contributed by atoms with Crippen molar-refractivity contribution in [2.45, 2.75) is 19.9 Å². The molecule has 1 heterocycles. The van der Waals surface area contributed by atoms with Crippen molar-refractivity contribution in [2.75, 3.05) is 6.54 Å². The molecular formula is C16H20N4O2. The average molecular weight is 300 g/mol. The van der Waals surface area contributed by atoms with Crippen molar-refractivity contribution in [2.24, 2.45) is 7.05 Å². The maximum atomic E-state index is 11.9. The highest BCUT2D eigenvalue weighted by Gasteiger charge is 2.11. The summed E-state index contributed by atoms with van der Waals surface area (Å²) in [5, 5.41) is 9.66. The van der Waals surface area contributed by atoms with Gasteiger partial charge in [0.25, 0.3) is 5.91 Å². The first kappa shape index (κ1) is 15.8. The van der Waals surface area contributed by atoms with Crippen molar-refractivity contribution in [1.82, 2.24) is 20.4 Å². The molecule has 0 aliphatic rings. The van der Waals surface area contributed by atoms with E-state index < -0.39 is 0 Å². The number of nitrogens with zero attached hydrogens (tertiary/aromatic N) is 2. The number of aromatic nitrogens is 2. The first-order chi connectivity index (χ1) is 10.6. The van der Waals surface area contributed by atoms with Crippen LogP contribution in [0.4, 0.5) is 0 Å². The van der Waals surface area contributed by atoms with E-state index in [1.807, 2.05) is 37.3 Å². The van der Waals surface area contributed by atoms with Gasteiger partial charge in [0, 0.05) is 26.6 Å². The Morgan fingerprint density at radius 3 is 2.55 bits per heavy atom. The lowest BCUT2D eigenvalue weighted by Crippen LogP contribution is -2.31. The molecule has 0 saturated carbocycles. The quantitative estimate of drug-likeness (QED) is 0.840. The van der Waals surface area contributed by atoms with Crippen molar-refractivity contribution in [3.05, 3.63) is 53.3 Å².